The topological polar surface area (TPSA) is 29.5 Å². The molecule has 0 spiro atoms. The molecule has 0 saturated carbocycles. The number of halogens is 1. The van der Waals surface area contributed by atoms with E-state index in [2.05, 4.69) is 20.8 Å². The zero-order valence-corrected chi connectivity index (χ0v) is 12.1. The number of hydrogen-bond acceptors (Lipinski definition) is 3. The van der Waals surface area contributed by atoms with Crippen LogP contribution in [0.3, 0.4) is 0 Å². The molecule has 1 aromatic rings. The van der Waals surface area contributed by atoms with Crippen molar-refractivity contribution in [1.82, 2.24) is 4.90 Å². The number of rotatable bonds is 4. The van der Waals surface area contributed by atoms with Crippen molar-refractivity contribution < 1.29 is 9.53 Å². The van der Waals surface area contributed by atoms with Gasteiger partial charge in [0, 0.05) is 23.7 Å². The van der Waals surface area contributed by atoms with Crippen molar-refractivity contribution in [2.45, 2.75) is 18.9 Å². The van der Waals surface area contributed by atoms with Crippen LogP contribution in [0.25, 0.3) is 0 Å². The summed E-state index contributed by atoms with van der Waals surface area (Å²) in [6.07, 6.45) is 2.46. The van der Waals surface area contributed by atoms with Gasteiger partial charge in [0.1, 0.15) is 0 Å². The van der Waals surface area contributed by atoms with E-state index in [0.29, 0.717) is 6.54 Å². The van der Waals surface area contributed by atoms with Crippen molar-refractivity contribution in [3.63, 3.8) is 0 Å². The van der Waals surface area contributed by atoms with Crippen LogP contribution in [0.15, 0.2) is 28.7 Å². The van der Waals surface area contributed by atoms with Gasteiger partial charge in [-0.3, -0.25) is 9.69 Å². The maximum Gasteiger partial charge on any atom is 0.177 e. The summed E-state index contributed by atoms with van der Waals surface area (Å²) in [5.41, 5.74) is 0.761. The molecule has 0 aliphatic carbocycles. The molecule has 0 aromatic heterocycles. The summed E-state index contributed by atoms with van der Waals surface area (Å²) in [6, 6.07) is 7.58. The van der Waals surface area contributed by atoms with Crippen molar-refractivity contribution in [2.75, 3.05) is 26.7 Å². The number of hydrogen-bond donors (Lipinski definition) is 0. The Morgan fingerprint density at radius 3 is 3.00 bits per heavy atom. The summed E-state index contributed by atoms with van der Waals surface area (Å²) in [5.74, 6) is 0.166. The van der Waals surface area contributed by atoms with Gasteiger partial charge >= 0.3 is 0 Å². The molecular formula is C14H18BrNO2. The Bertz CT molecular complexity index is 422. The standard InChI is InChI=1S/C14H18BrNO2/c1-18-11-5-4-8-16(9-11)10-14(17)12-6-2-3-7-13(12)15/h2-3,6-7,11H,4-5,8-10H2,1H3. The lowest BCUT2D eigenvalue weighted by atomic mass is 10.1. The fourth-order valence-corrected chi connectivity index (χ4v) is 2.83. The van der Waals surface area contributed by atoms with Gasteiger partial charge in [-0.15, -0.1) is 0 Å². The normalized spacial score (nSPS) is 20.9. The largest absolute Gasteiger partial charge is 0.380 e. The second-order valence-electron chi connectivity index (χ2n) is 4.64. The van der Waals surface area contributed by atoms with Crippen molar-refractivity contribution in [3.8, 4) is 0 Å². The molecule has 2 rings (SSSR count). The number of Topliss-reactive ketones (excluding diaryl/α,β-unsaturated/α-hetero) is 1. The molecule has 1 fully saturated rings. The van der Waals surface area contributed by atoms with Crippen LogP contribution in [-0.2, 0) is 4.74 Å². The van der Waals surface area contributed by atoms with Crippen LogP contribution >= 0.6 is 15.9 Å². The Hall–Kier alpha value is -0.710. The number of ketones is 1. The third-order valence-corrected chi connectivity index (χ3v) is 4.03. The van der Waals surface area contributed by atoms with Gasteiger partial charge in [-0.2, -0.15) is 0 Å². The number of piperidine rings is 1. The third-order valence-electron chi connectivity index (χ3n) is 3.34. The highest BCUT2D eigenvalue weighted by molar-refractivity contribution is 9.10. The van der Waals surface area contributed by atoms with E-state index < -0.39 is 0 Å². The van der Waals surface area contributed by atoms with E-state index in [1.54, 1.807) is 7.11 Å². The second-order valence-corrected chi connectivity index (χ2v) is 5.49. The molecule has 0 N–H and O–H groups in total. The zero-order valence-electron chi connectivity index (χ0n) is 10.6. The number of benzene rings is 1. The van der Waals surface area contributed by atoms with Gasteiger partial charge in [-0.05, 0) is 25.5 Å². The SMILES string of the molecule is COC1CCCN(CC(=O)c2ccccc2Br)C1. The number of carbonyl (C=O) groups excluding carboxylic acids is 1. The maximum atomic E-state index is 12.2. The zero-order chi connectivity index (χ0) is 13.0. The third kappa shape index (κ3) is 3.40. The molecule has 4 heteroatoms. The summed E-state index contributed by atoms with van der Waals surface area (Å²) < 4.78 is 6.24. The number of nitrogens with zero attached hydrogens (tertiary/aromatic N) is 1. The first-order valence-electron chi connectivity index (χ1n) is 6.23. The molecule has 18 heavy (non-hydrogen) atoms. The van der Waals surface area contributed by atoms with Gasteiger partial charge in [0.05, 0.1) is 12.6 Å². The first kappa shape index (κ1) is 13.7. The minimum Gasteiger partial charge on any atom is -0.380 e. The van der Waals surface area contributed by atoms with E-state index in [1.807, 2.05) is 24.3 Å². The Morgan fingerprint density at radius 1 is 1.50 bits per heavy atom. The van der Waals surface area contributed by atoms with Crippen LogP contribution in [0, 0.1) is 0 Å². The minimum atomic E-state index is 0.166. The smallest absolute Gasteiger partial charge is 0.177 e. The van der Waals surface area contributed by atoms with E-state index >= 15 is 0 Å². The molecule has 0 bridgehead atoms. The fourth-order valence-electron chi connectivity index (χ4n) is 2.32. The summed E-state index contributed by atoms with van der Waals surface area (Å²) in [6.45, 7) is 2.31. The van der Waals surface area contributed by atoms with Crippen LogP contribution in [-0.4, -0.2) is 43.5 Å². The lowest BCUT2D eigenvalue weighted by Gasteiger charge is -2.31. The van der Waals surface area contributed by atoms with Crippen LogP contribution in [0.1, 0.15) is 23.2 Å². The van der Waals surface area contributed by atoms with E-state index in [0.717, 1.165) is 36.0 Å². The number of likely N-dealkylation sites (tertiary alicyclic amines) is 1. The van der Waals surface area contributed by atoms with E-state index in [9.17, 15) is 4.79 Å². The first-order valence-corrected chi connectivity index (χ1v) is 7.03. The molecule has 1 aliphatic rings. The highest BCUT2D eigenvalue weighted by Gasteiger charge is 2.22. The second kappa shape index (κ2) is 6.45. The number of ether oxygens (including phenoxy) is 1. The molecule has 0 radical (unpaired) electrons. The highest BCUT2D eigenvalue weighted by Crippen LogP contribution is 2.18. The molecule has 98 valence electrons. The lowest BCUT2D eigenvalue weighted by Crippen LogP contribution is -2.41. The fraction of sp³-hybridized carbons (Fsp3) is 0.500. The summed E-state index contributed by atoms with van der Waals surface area (Å²) in [7, 11) is 1.74. The molecule has 1 unspecified atom stereocenters. The summed E-state index contributed by atoms with van der Waals surface area (Å²) in [5, 5.41) is 0. The van der Waals surface area contributed by atoms with Gasteiger partial charge in [0.15, 0.2) is 5.78 Å². The van der Waals surface area contributed by atoms with E-state index in [4.69, 9.17) is 4.74 Å². The van der Waals surface area contributed by atoms with Crippen molar-refractivity contribution in [3.05, 3.63) is 34.3 Å². The Kier molecular flexibility index (Phi) is 4.92. The Balaban J connectivity index is 1.97. The first-order chi connectivity index (χ1) is 8.70. The molecule has 3 nitrogen and oxygen atoms in total. The average molecular weight is 312 g/mol. The van der Waals surface area contributed by atoms with Gasteiger partial charge in [0.25, 0.3) is 0 Å². The number of carbonyl (C=O) groups is 1. The molecule has 1 heterocycles. The Morgan fingerprint density at radius 2 is 2.28 bits per heavy atom. The predicted molar refractivity (Wildman–Crippen MR) is 74.9 cm³/mol. The van der Waals surface area contributed by atoms with E-state index in [1.165, 1.54) is 0 Å². The molecule has 1 aliphatic heterocycles. The maximum absolute atomic E-state index is 12.2. The van der Waals surface area contributed by atoms with Crippen molar-refractivity contribution in [1.29, 1.82) is 0 Å². The Labute approximate surface area is 116 Å². The van der Waals surface area contributed by atoms with E-state index in [-0.39, 0.29) is 11.9 Å². The predicted octanol–water partition coefficient (Wildman–Crippen LogP) is 2.74. The monoisotopic (exact) mass is 311 g/mol. The van der Waals surface area contributed by atoms with Crippen LogP contribution < -0.4 is 0 Å². The number of methoxy groups -OCH3 is 1. The van der Waals surface area contributed by atoms with Crippen molar-refractivity contribution >= 4 is 21.7 Å². The summed E-state index contributed by atoms with van der Waals surface area (Å²) in [4.78, 5) is 14.4. The average Bonchev–Trinajstić information content (AvgIpc) is 2.39. The molecule has 0 amide bonds. The van der Waals surface area contributed by atoms with Gasteiger partial charge in [-0.1, -0.05) is 34.1 Å². The van der Waals surface area contributed by atoms with Crippen LogP contribution in [0.5, 0.6) is 0 Å². The van der Waals surface area contributed by atoms with Gasteiger partial charge in [-0.25, -0.2) is 0 Å². The van der Waals surface area contributed by atoms with Crippen molar-refractivity contribution in [2.24, 2.45) is 0 Å². The molecule has 1 aromatic carbocycles. The minimum absolute atomic E-state index is 0.166. The molecular weight excluding hydrogens is 294 g/mol. The van der Waals surface area contributed by atoms with Gasteiger partial charge in [0.2, 0.25) is 0 Å². The quantitative estimate of drug-likeness (QED) is 0.801. The van der Waals surface area contributed by atoms with Crippen LogP contribution in [0.4, 0.5) is 0 Å². The highest BCUT2D eigenvalue weighted by atomic mass is 79.9. The lowest BCUT2D eigenvalue weighted by molar-refractivity contribution is 0.0314. The molecule has 1 atom stereocenters. The van der Waals surface area contributed by atoms with Crippen LogP contribution in [0.2, 0.25) is 0 Å². The van der Waals surface area contributed by atoms with Gasteiger partial charge < -0.3 is 4.74 Å². The molecule has 1 saturated heterocycles. The summed E-state index contributed by atoms with van der Waals surface area (Å²) >= 11 is 3.42.